The van der Waals surface area contributed by atoms with Gasteiger partial charge in [0, 0.05) is 13.1 Å². The summed E-state index contributed by atoms with van der Waals surface area (Å²) >= 11 is 0. The molecular weight excluding hydrogens is 230 g/mol. The second-order valence-electron chi connectivity index (χ2n) is 4.35. The number of amides is 1. The quantitative estimate of drug-likeness (QED) is 0.828. The summed E-state index contributed by atoms with van der Waals surface area (Å²) in [4.78, 5) is 14.0. The van der Waals surface area contributed by atoms with Gasteiger partial charge >= 0.3 is 0 Å². The first-order chi connectivity index (χ1) is 8.60. The summed E-state index contributed by atoms with van der Waals surface area (Å²) in [5.74, 6) is -0.0759. The molecule has 5 nitrogen and oxygen atoms in total. The molecule has 18 heavy (non-hydrogen) atoms. The largest absolute Gasteiger partial charge is 0.395 e. The first kappa shape index (κ1) is 14.6. The van der Waals surface area contributed by atoms with Crippen LogP contribution in [0.3, 0.4) is 0 Å². The Morgan fingerprint density at radius 3 is 2.67 bits per heavy atom. The lowest BCUT2D eigenvalue weighted by Gasteiger charge is -2.22. The molecule has 1 amide bonds. The Labute approximate surface area is 108 Å². The summed E-state index contributed by atoms with van der Waals surface area (Å²) in [7, 11) is 0. The number of carbonyl (C=O) groups excluding carboxylic acids is 1. The van der Waals surface area contributed by atoms with Crippen LogP contribution in [0.4, 0.5) is 0 Å². The van der Waals surface area contributed by atoms with Crippen LogP contribution in [-0.4, -0.2) is 45.8 Å². The summed E-state index contributed by atoms with van der Waals surface area (Å²) in [6.45, 7) is 6.66. The lowest BCUT2D eigenvalue weighted by Crippen LogP contribution is -2.35. The van der Waals surface area contributed by atoms with Crippen molar-refractivity contribution in [3.8, 4) is 0 Å². The number of hydrogen-bond donors (Lipinski definition) is 1. The third-order valence-corrected chi connectivity index (χ3v) is 2.77. The molecule has 0 aliphatic heterocycles. The van der Waals surface area contributed by atoms with Crippen molar-refractivity contribution in [3.63, 3.8) is 0 Å². The lowest BCUT2D eigenvalue weighted by molar-refractivity contribution is 0.0717. The Balaban J connectivity index is 2.90. The standard InChI is InChI=1S/C13H21N3O2/c1-4-5-6-16(7-8-17)13(18)12-9-10(2)14-15-11(12)3/h9,17H,4-8H2,1-3H3. The predicted molar refractivity (Wildman–Crippen MR) is 69.4 cm³/mol. The molecule has 1 aromatic heterocycles. The van der Waals surface area contributed by atoms with Gasteiger partial charge in [0.25, 0.3) is 5.91 Å². The van der Waals surface area contributed by atoms with Crippen LogP contribution in [0.5, 0.6) is 0 Å². The molecule has 0 saturated heterocycles. The summed E-state index contributed by atoms with van der Waals surface area (Å²) in [6, 6.07) is 1.75. The number of carbonyl (C=O) groups is 1. The second-order valence-corrected chi connectivity index (χ2v) is 4.35. The maximum atomic E-state index is 12.4. The molecule has 1 N–H and O–H groups in total. The SMILES string of the molecule is CCCCN(CCO)C(=O)c1cc(C)nnc1C. The molecule has 100 valence electrons. The zero-order chi connectivity index (χ0) is 13.5. The van der Waals surface area contributed by atoms with E-state index in [4.69, 9.17) is 5.11 Å². The normalized spacial score (nSPS) is 10.4. The first-order valence-electron chi connectivity index (χ1n) is 6.31. The van der Waals surface area contributed by atoms with E-state index >= 15 is 0 Å². The zero-order valence-electron chi connectivity index (χ0n) is 11.3. The summed E-state index contributed by atoms with van der Waals surface area (Å²) in [5, 5.41) is 16.9. The van der Waals surface area contributed by atoms with Crippen molar-refractivity contribution in [1.29, 1.82) is 0 Å². The van der Waals surface area contributed by atoms with Crippen LogP contribution in [0.15, 0.2) is 6.07 Å². The van der Waals surface area contributed by atoms with Gasteiger partial charge in [-0.2, -0.15) is 10.2 Å². The van der Waals surface area contributed by atoms with Crippen molar-refractivity contribution in [2.75, 3.05) is 19.7 Å². The van der Waals surface area contributed by atoms with Crippen molar-refractivity contribution in [3.05, 3.63) is 23.0 Å². The molecule has 0 spiro atoms. The first-order valence-corrected chi connectivity index (χ1v) is 6.31. The fraction of sp³-hybridized carbons (Fsp3) is 0.615. The molecule has 5 heteroatoms. The molecule has 0 aliphatic rings. The minimum Gasteiger partial charge on any atom is -0.395 e. The van der Waals surface area contributed by atoms with Crippen LogP contribution in [0.2, 0.25) is 0 Å². The van der Waals surface area contributed by atoms with Gasteiger partial charge in [0.15, 0.2) is 0 Å². The maximum absolute atomic E-state index is 12.4. The molecule has 0 radical (unpaired) electrons. The number of hydrogen-bond acceptors (Lipinski definition) is 4. The molecule has 1 rings (SSSR count). The van der Waals surface area contributed by atoms with E-state index in [1.54, 1.807) is 17.9 Å². The second kappa shape index (κ2) is 7.06. The van der Waals surface area contributed by atoms with Crippen LogP contribution in [0, 0.1) is 13.8 Å². The highest BCUT2D eigenvalue weighted by atomic mass is 16.3. The Morgan fingerprint density at radius 2 is 2.06 bits per heavy atom. The number of rotatable bonds is 6. The molecule has 0 aliphatic carbocycles. The van der Waals surface area contributed by atoms with Gasteiger partial charge < -0.3 is 10.0 Å². The van der Waals surface area contributed by atoms with Crippen molar-refractivity contribution >= 4 is 5.91 Å². The Morgan fingerprint density at radius 1 is 1.33 bits per heavy atom. The average molecular weight is 251 g/mol. The third kappa shape index (κ3) is 3.77. The third-order valence-electron chi connectivity index (χ3n) is 2.77. The van der Waals surface area contributed by atoms with E-state index in [0.717, 1.165) is 18.5 Å². The topological polar surface area (TPSA) is 66.3 Å². The van der Waals surface area contributed by atoms with Gasteiger partial charge in [0.2, 0.25) is 0 Å². The van der Waals surface area contributed by atoms with E-state index in [2.05, 4.69) is 17.1 Å². The van der Waals surface area contributed by atoms with Crippen molar-refractivity contribution in [1.82, 2.24) is 15.1 Å². The number of aliphatic hydroxyl groups excluding tert-OH is 1. The van der Waals surface area contributed by atoms with E-state index in [1.165, 1.54) is 0 Å². The van der Waals surface area contributed by atoms with Crippen molar-refractivity contribution in [2.45, 2.75) is 33.6 Å². The molecule has 0 fully saturated rings. The van der Waals surface area contributed by atoms with E-state index in [0.29, 0.717) is 24.3 Å². The van der Waals surface area contributed by atoms with Gasteiger partial charge in [-0.05, 0) is 26.3 Å². The van der Waals surface area contributed by atoms with E-state index in [9.17, 15) is 4.79 Å². The average Bonchev–Trinajstić information content (AvgIpc) is 2.36. The van der Waals surface area contributed by atoms with Gasteiger partial charge in [-0.1, -0.05) is 13.3 Å². The highest BCUT2D eigenvalue weighted by Gasteiger charge is 2.18. The molecular formula is C13H21N3O2. The van der Waals surface area contributed by atoms with Crippen molar-refractivity contribution in [2.24, 2.45) is 0 Å². The molecule has 0 aromatic carbocycles. The zero-order valence-corrected chi connectivity index (χ0v) is 11.3. The highest BCUT2D eigenvalue weighted by Crippen LogP contribution is 2.10. The lowest BCUT2D eigenvalue weighted by atomic mass is 10.1. The molecule has 1 aromatic rings. The Hall–Kier alpha value is -1.49. The van der Waals surface area contributed by atoms with E-state index in [-0.39, 0.29) is 12.5 Å². The maximum Gasteiger partial charge on any atom is 0.255 e. The van der Waals surface area contributed by atoms with Gasteiger partial charge in [-0.15, -0.1) is 0 Å². The fourth-order valence-electron chi connectivity index (χ4n) is 1.72. The number of nitrogens with zero attached hydrogens (tertiary/aromatic N) is 3. The molecule has 0 bridgehead atoms. The summed E-state index contributed by atoms with van der Waals surface area (Å²) < 4.78 is 0. The molecule has 1 heterocycles. The van der Waals surface area contributed by atoms with Crippen LogP contribution in [-0.2, 0) is 0 Å². The number of aliphatic hydroxyl groups is 1. The number of aromatic nitrogens is 2. The van der Waals surface area contributed by atoms with Gasteiger partial charge in [-0.25, -0.2) is 0 Å². The fourth-order valence-corrected chi connectivity index (χ4v) is 1.72. The van der Waals surface area contributed by atoms with Crippen LogP contribution in [0.1, 0.15) is 41.5 Å². The smallest absolute Gasteiger partial charge is 0.255 e. The molecule has 0 unspecified atom stereocenters. The molecule has 0 saturated carbocycles. The van der Waals surface area contributed by atoms with Gasteiger partial charge in [-0.3, -0.25) is 4.79 Å². The number of unbranched alkanes of at least 4 members (excludes halogenated alkanes) is 1. The van der Waals surface area contributed by atoms with Gasteiger partial charge in [0.05, 0.1) is 23.6 Å². The Bertz CT molecular complexity index is 407. The Kier molecular flexibility index (Phi) is 5.71. The van der Waals surface area contributed by atoms with Gasteiger partial charge in [0.1, 0.15) is 0 Å². The molecule has 0 atom stereocenters. The summed E-state index contributed by atoms with van der Waals surface area (Å²) in [6.07, 6.45) is 1.95. The highest BCUT2D eigenvalue weighted by molar-refractivity contribution is 5.95. The number of aryl methyl sites for hydroxylation is 2. The van der Waals surface area contributed by atoms with Crippen LogP contribution < -0.4 is 0 Å². The minimum atomic E-state index is -0.0759. The van der Waals surface area contributed by atoms with E-state index in [1.807, 2.05) is 6.92 Å². The predicted octanol–water partition coefficient (Wildman–Crippen LogP) is 1.33. The summed E-state index contributed by atoms with van der Waals surface area (Å²) in [5.41, 5.74) is 1.93. The monoisotopic (exact) mass is 251 g/mol. The minimum absolute atomic E-state index is 0.0218. The van der Waals surface area contributed by atoms with E-state index < -0.39 is 0 Å². The van der Waals surface area contributed by atoms with Crippen LogP contribution >= 0.6 is 0 Å². The van der Waals surface area contributed by atoms with Crippen molar-refractivity contribution < 1.29 is 9.90 Å². The van der Waals surface area contributed by atoms with Crippen LogP contribution in [0.25, 0.3) is 0 Å².